The predicted molar refractivity (Wildman–Crippen MR) is 65.4 cm³/mol. The van der Waals surface area contributed by atoms with Crippen molar-refractivity contribution in [2.75, 3.05) is 17.2 Å². The fourth-order valence-electron chi connectivity index (χ4n) is 2.35. The van der Waals surface area contributed by atoms with E-state index >= 15 is 0 Å². The number of para-hydroxylation sites is 1. The third-order valence-electron chi connectivity index (χ3n) is 3.17. The minimum absolute atomic E-state index is 0.415. The number of carbonyl (C=O) groups excluding carboxylic acids is 1. The Morgan fingerprint density at radius 1 is 1.50 bits per heavy atom. The molecular weight excluding hydrogens is 202 g/mol. The lowest BCUT2D eigenvalue weighted by atomic mass is 10.1. The number of nitrogens with zero attached hydrogens (tertiary/aromatic N) is 1. The van der Waals surface area contributed by atoms with Gasteiger partial charge in [-0.15, -0.1) is 0 Å². The molecule has 1 amide bonds. The van der Waals surface area contributed by atoms with E-state index in [0.717, 1.165) is 25.1 Å². The van der Waals surface area contributed by atoms with Crippen LogP contribution in [0.15, 0.2) is 18.2 Å². The minimum atomic E-state index is -0.415. The number of hydrogen-bond donors (Lipinski definition) is 2. The van der Waals surface area contributed by atoms with Gasteiger partial charge in [-0.1, -0.05) is 6.07 Å². The maximum atomic E-state index is 11.4. The van der Waals surface area contributed by atoms with Crippen LogP contribution < -0.4 is 16.4 Å². The fourth-order valence-corrected chi connectivity index (χ4v) is 2.35. The van der Waals surface area contributed by atoms with Crippen LogP contribution in [0.2, 0.25) is 0 Å². The van der Waals surface area contributed by atoms with E-state index in [-0.39, 0.29) is 0 Å². The SMILES string of the molecule is CC1CCCN1c1c(N)cccc1C(N)=O. The Hall–Kier alpha value is -1.71. The molecule has 1 saturated heterocycles. The first-order valence-corrected chi connectivity index (χ1v) is 5.56. The largest absolute Gasteiger partial charge is 0.397 e. The van der Waals surface area contributed by atoms with Crippen molar-refractivity contribution in [3.05, 3.63) is 23.8 Å². The molecule has 4 nitrogen and oxygen atoms in total. The smallest absolute Gasteiger partial charge is 0.250 e. The summed E-state index contributed by atoms with van der Waals surface area (Å²) in [4.78, 5) is 13.6. The van der Waals surface area contributed by atoms with E-state index in [1.807, 2.05) is 6.07 Å². The molecule has 0 aromatic heterocycles. The van der Waals surface area contributed by atoms with Gasteiger partial charge in [0.15, 0.2) is 0 Å². The number of amides is 1. The normalized spacial score (nSPS) is 20.1. The maximum absolute atomic E-state index is 11.4. The van der Waals surface area contributed by atoms with Crippen LogP contribution >= 0.6 is 0 Å². The molecule has 0 aliphatic carbocycles. The summed E-state index contributed by atoms with van der Waals surface area (Å²) >= 11 is 0. The molecule has 1 aliphatic heterocycles. The molecule has 86 valence electrons. The zero-order valence-electron chi connectivity index (χ0n) is 9.44. The molecule has 0 bridgehead atoms. The van der Waals surface area contributed by atoms with Gasteiger partial charge in [-0.05, 0) is 31.9 Å². The topological polar surface area (TPSA) is 72.3 Å². The molecular formula is C12H17N3O. The summed E-state index contributed by atoms with van der Waals surface area (Å²) in [7, 11) is 0. The molecule has 1 aliphatic rings. The second kappa shape index (κ2) is 4.04. The maximum Gasteiger partial charge on any atom is 0.250 e. The number of nitrogen functional groups attached to an aromatic ring is 1. The van der Waals surface area contributed by atoms with Crippen LogP contribution in [-0.4, -0.2) is 18.5 Å². The lowest BCUT2D eigenvalue weighted by Crippen LogP contribution is -2.30. The van der Waals surface area contributed by atoms with Crippen LogP contribution in [0.5, 0.6) is 0 Å². The number of hydrogen-bond acceptors (Lipinski definition) is 3. The van der Waals surface area contributed by atoms with E-state index in [1.54, 1.807) is 12.1 Å². The Morgan fingerprint density at radius 3 is 2.81 bits per heavy atom. The quantitative estimate of drug-likeness (QED) is 0.737. The van der Waals surface area contributed by atoms with Crippen molar-refractivity contribution >= 4 is 17.3 Å². The van der Waals surface area contributed by atoms with Gasteiger partial charge in [0.05, 0.1) is 16.9 Å². The Bertz CT molecular complexity index is 417. The van der Waals surface area contributed by atoms with Gasteiger partial charge in [0.25, 0.3) is 5.91 Å². The van der Waals surface area contributed by atoms with Gasteiger partial charge in [0.1, 0.15) is 0 Å². The standard InChI is InChI=1S/C12H17N3O/c1-8-4-3-7-15(8)11-9(12(14)16)5-2-6-10(11)13/h2,5-6,8H,3-4,7,13H2,1H3,(H2,14,16). The summed E-state index contributed by atoms with van der Waals surface area (Å²) in [5, 5.41) is 0. The first-order chi connectivity index (χ1) is 7.61. The third kappa shape index (κ3) is 1.71. The summed E-state index contributed by atoms with van der Waals surface area (Å²) in [6.07, 6.45) is 2.26. The number of nitrogens with two attached hydrogens (primary N) is 2. The van der Waals surface area contributed by atoms with Crippen LogP contribution in [0, 0.1) is 0 Å². The highest BCUT2D eigenvalue weighted by molar-refractivity contribution is 6.01. The molecule has 1 unspecified atom stereocenters. The van der Waals surface area contributed by atoms with E-state index in [1.165, 1.54) is 0 Å². The Kier molecular flexibility index (Phi) is 2.73. The highest BCUT2D eigenvalue weighted by Crippen LogP contribution is 2.33. The summed E-state index contributed by atoms with van der Waals surface area (Å²) in [6.45, 7) is 3.08. The number of carbonyl (C=O) groups is 1. The van der Waals surface area contributed by atoms with Crippen molar-refractivity contribution in [2.24, 2.45) is 5.73 Å². The molecule has 1 aromatic carbocycles. The van der Waals surface area contributed by atoms with E-state index < -0.39 is 5.91 Å². The summed E-state index contributed by atoms with van der Waals surface area (Å²) < 4.78 is 0. The number of anilines is 2. The first kappa shape index (κ1) is 10.8. The molecule has 1 fully saturated rings. The van der Waals surface area contributed by atoms with Gasteiger partial charge >= 0.3 is 0 Å². The predicted octanol–water partition coefficient (Wildman–Crippen LogP) is 1.36. The number of primary amides is 1. The van der Waals surface area contributed by atoms with Gasteiger partial charge in [-0.3, -0.25) is 4.79 Å². The summed E-state index contributed by atoms with van der Waals surface area (Å²) in [5.74, 6) is -0.415. The van der Waals surface area contributed by atoms with E-state index in [9.17, 15) is 4.79 Å². The molecule has 16 heavy (non-hydrogen) atoms. The summed E-state index contributed by atoms with van der Waals surface area (Å²) in [6, 6.07) is 5.73. The van der Waals surface area contributed by atoms with Gasteiger partial charge < -0.3 is 16.4 Å². The second-order valence-electron chi connectivity index (χ2n) is 4.29. The Labute approximate surface area is 95.2 Å². The Balaban J connectivity index is 2.49. The van der Waals surface area contributed by atoms with Gasteiger partial charge in [-0.25, -0.2) is 0 Å². The average Bonchev–Trinajstić information content (AvgIpc) is 2.64. The van der Waals surface area contributed by atoms with Crippen LogP contribution in [0.25, 0.3) is 0 Å². The first-order valence-electron chi connectivity index (χ1n) is 5.56. The number of rotatable bonds is 2. The zero-order chi connectivity index (χ0) is 11.7. The van der Waals surface area contributed by atoms with Gasteiger partial charge in [0.2, 0.25) is 0 Å². The van der Waals surface area contributed by atoms with Crippen LogP contribution in [0.4, 0.5) is 11.4 Å². The van der Waals surface area contributed by atoms with Crippen molar-refractivity contribution in [3.8, 4) is 0 Å². The molecule has 0 spiro atoms. The zero-order valence-corrected chi connectivity index (χ0v) is 9.44. The van der Waals surface area contributed by atoms with Gasteiger partial charge in [0, 0.05) is 12.6 Å². The lowest BCUT2D eigenvalue weighted by molar-refractivity contribution is 0.100. The van der Waals surface area contributed by atoms with Crippen molar-refractivity contribution in [3.63, 3.8) is 0 Å². The van der Waals surface area contributed by atoms with E-state index in [4.69, 9.17) is 11.5 Å². The van der Waals surface area contributed by atoms with Crippen molar-refractivity contribution < 1.29 is 4.79 Å². The second-order valence-corrected chi connectivity index (χ2v) is 4.29. The highest BCUT2D eigenvalue weighted by Gasteiger charge is 2.25. The van der Waals surface area contributed by atoms with Crippen molar-refractivity contribution in [1.82, 2.24) is 0 Å². The minimum Gasteiger partial charge on any atom is -0.397 e. The molecule has 1 aromatic rings. The third-order valence-corrected chi connectivity index (χ3v) is 3.17. The number of benzene rings is 1. The molecule has 0 saturated carbocycles. The monoisotopic (exact) mass is 219 g/mol. The lowest BCUT2D eigenvalue weighted by Gasteiger charge is -2.27. The molecule has 4 heteroatoms. The molecule has 4 N–H and O–H groups in total. The molecule has 0 radical (unpaired) electrons. The Morgan fingerprint density at radius 2 is 2.25 bits per heavy atom. The van der Waals surface area contributed by atoms with Gasteiger partial charge in [-0.2, -0.15) is 0 Å². The highest BCUT2D eigenvalue weighted by atomic mass is 16.1. The fraction of sp³-hybridized carbons (Fsp3) is 0.417. The van der Waals surface area contributed by atoms with E-state index in [2.05, 4.69) is 11.8 Å². The van der Waals surface area contributed by atoms with Crippen LogP contribution in [0.3, 0.4) is 0 Å². The van der Waals surface area contributed by atoms with Crippen molar-refractivity contribution in [1.29, 1.82) is 0 Å². The van der Waals surface area contributed by atoms with Crippen molar-refractivity contribution in [2.45, 2.75) is 25.8 Å². The summed E-state index contributed by atoms with van der Waals surface area (Å²) in [5.41, 5.74) is 13.3. The molecule has 1 heterocycles. The molecule has 1 atom stereocenters. The molecule has 2 rings (SSSR count). The average molecular weight is 219 g/mol. The van der Waals surface area contributed by atoms with E-state index in [0.29, 0.717) is 17.3 Å². The van der Waals surface area contributed by atoms with Crippen LogP contribution in [-0.2, 0) is 0 Å². The van der Waals surface area contributed by atoms with Crippen LogP contribution in [0.1, 0.15) is 30.1 Å².